The zero-order valence-electron chi connectivity index (χ0n) is 14.0. The highest BCUT2D eigenvalue weighted by Crippen LogP contribution is 2.19. The van der Waals surface area contributed by atoms with Gasteiger partial charge in [-0.15, -0.1) is 0 Å². The van der Waals surface area contributed by atoms with E-state index in [9.17, 15) is 13.2 Å². The lowest BCUT2D eigenvalue weighted by Crippen LogP contribution is -2.54. The minimum absolute atomic E-state index is 0.114. The summed E-state index contributed by atoms with van der Waals surface area (Å²) < 4.78 is 35.8. The predicted octanol–water partition coefficient (Wildman–Crippen LogP) is -0.0638. The maximum absolute atomic E-state index is 12.6. The third-order valence-electron chi connectivity index (χ3n) is 4.12. The number of hydrogen-bond acceptors (Lipinski definition) is 6. The van der Waals surface area contributed by atoms with Crippen molar-refractivity contribution < 1.29 is 22.7 Å². The molecule has 2 aliphatic rings. The highest BCUT2D eigenvalue weighted by molar-refractivity contribution is 7.88. The van der Waals surface area contributed by atoms with Crippen molar-refractivity contribution in [3.63, 3.8) is 0 Å². The number of sulfonamides is 1. The zero-order valence-corrected chi connectivity index (χ0v) is 14.8. The summed E-state index contributed by atoms with van der Waals surface area (Å²) in [4.78, 5) is 18.5. The standard InChI is InChI=1S/C15H22N4O5S/c1-25(21,22)17-8-13-10-24-5-3-19(13)15(20)18-12-6-11-9-23-4-2-14(11)16-7-12/h6-7,13,17H,2-5,8-10H2,1H3,(H,18,20). The fourth-order valence-electron chi connectivity index (χ4n) is 2.84. The molecule has 0 saturated carbocycles. The number of morpholine rings is 1. The first-order valence-corrected chi connectivity index (χ1v) is 9.97. The number of amides is 2. The average molecular weight is 370 g/mol. The molecule has 0 aromatic carbocycles. The number of aromatic nitrogens is 1. The van der Waals surface area contributed by atoms with E-state index in [0.29, 0.717) is 32.1 Å². The van der Waals surface area contributed by atoms with Crippen molar-refractivity contribution in [3.05, 3.63) is 23.5 Å². The summed E-state index contributed by atoms with van der Waals surface area (Å²) in [6, 6.07) is 1.20. The molecule has 1 saturated heterocycles. The molecule has 2 aliphatic heterocycles. The van der Waals surface area contributed by atoms with Crippen LogP contribution in [-0.4, -0.2) is 69.5 Å². The van der Waals surface area contributed by atoms with Crippen molar-refractivity contribution in [1.82, 2.24) is 14.6 Å². The summed E-state index contributed by atoms with van der Waals surface area (Å²) in [5.41, 5.74) is 2.56. The first-order valence-electron chi connectivity index (χ1n) is 8.08. The van der Waals surface area contributed by atoms with Gasteiger partial charge in [0.2, 0.25) is 10.0 Å². The highest BCUT2D eigenvalue weighted by atomic mass is 32.2. The Hall–Kier alpha value is -1.75. The van der Waals surface area contributed by atoms with E-state index >= 15 is 0 Å². The van der Waals surface area contributed by atoms with Crippen LogP contribution in [0.5, 0.6) is 0 Å². The van der Waals surface area contributed by atoms with Gasteiger partial charge in [0.1, 0.15) is 0 Å². The molecule has 2 amide bonds. The van der Waals surface area contributed by atoms with Gasteiger partial charge in [0.25, 0.3) is 0 Å². The van der Waals surface area contributed by atoms with Gasteiger partial charge in [-0.25, -0.2) is 17.9 Å². The van der Waals surface area contributed by atoms with Crippen LogP contribution in [0.1, 0.15) is 11.3 Å². The van der Waals surface area contributed by atoms with Gasteiger partial charge in [-0.05, 0) is 6.07 Å². The lowest BCUT2D eigenvalue weighted by Gasteiger charge is -2.35. The Labute approximate surface area is 146 Å². The number of pyridine rings is 1. The van der Waals surface area contributed by atoms with Crippen molar-refractivity contribution in [2.24, 2.45) is 0 Å². The molecule has 10 heteroatoms. The number of rotatable bonds is 4. The second-order valence-electron chi connectivity index (χ2n) is 6.11. The summed E-state index contributed by atoms with van der Waals surface area (Å²) in [5, 5.41) is 2.83. The second-order valence-corrected chi connectivity index (χ2v) is 7.94. The summed E-state index contributed by atoms with van der Waals surface area (Å²) in [6.07, 6.45) is 3.49. The smallest absolute Gasteiger partial charge is 0.322 e. The zero-order chi connectivity index (χ0) is 17.9. The van der Waals surface area contributed by atoms with Crippen LogP contribution in [0.3, 0.4) is 0 Å². The first kappa shape index (κ1) is 18.1. The van der Waals surface area contributed by atoms with Gasteiger partial charge in [0.15, 0.2) is 0 Å². The summed E-state index contributed by atoms with van der Waals surface area (Å²) in [6.45, 7) is 2.36. The van der Waals surface area contributed by atoms with Gasteiger partial charge >= 0.3 is 6.03 Å². The van der Waals surface area contributed by atoms with E-state index in [-0.39, 0.29) is 25.2 Å². The number of nitrogens with one attached hydrogen (secondary N) is 2. The Morgan fingerprint density at radius 1 is 1.40 bits per heavy atom. The van der Waals surface area contributed by atoms with Gasteiger partial charge in [0, 0.05) is 30.8 Å². The van der Waals surface area contributed by atoms with Crippen LogP contribution in [0.4, 0.5) is 10.5 Å². The van der Waals surface area contributed by atoms with E-state index in [0.717, 1.165) is 23.9 Å². The maximum Gasteiger partial charge on any atom is 0.322 e. The number of carbonyl (C=O) groups is 1. The van der Waals surface area contributed by atoms with Crippen LogP contribution in [0.25, 0.3) is 0 Å². The highest BCUT2D eigenvalue weighted by Gasteiger charge is 2.28. The lowest BCUT2D eigenvalue weighted by molar-refractivity contribution is 0.0176. The van der Waals surface area contributed by atoms with Crippen LogP contribution in [0.2, 0.25) is 0 Å². The van der Waals surface area contributed by atoms with E-state index in [4.69, 9.17) is 9.47 Å². The molecule has 25 heavy (non-hydrogen) atoms. The fraction of sp³-hybridized carbons (Fsp3) is 0.600. The van der Waals surface area contributed by atoms with Crippen LogP contribution in [0.15, 0.2) is 12.3 Å². The molecule has 0 bridgehead atoms. The summed E-state index contributed by atoms with van der Waals surface area (Å²) in [5.74, 6) is 0. The topological polar surface area (TPSA) is 110 Å². The van der Waals surface area contributed by atoms with Crippen molar-refractivity contribution in [2.45, 2.75) is 19.1 Å². The monoisotopic (exact) mass is 370 g/mol. The second kappa shape index (κ2) is 7.65. The molecule has 2 N–H and O–H groups in total. The average Bonchev–Trinajstić information content (AvgIpc) is 2.59. The number of anilines is 1. The van der Waals surface area contributed by atoms with Crippen molar-refractivity contribution in [1.29, 1.82) is 0 Å². The Morgan fingerprint density at radius 2 is 2.24 bits per heavy atom. The molecule has 1 atom stereocenters. The molecule has 9 nitrogen and oxygen atoms in total. The van der Waals surface area contributed by atoms with Crippen molar-refractivity contribution in [2.75, 3.05) is 44.5 Å². The van der Waals surface area contributed by atoms with Crippen LogP contribution in [0, 0.1) is 0 Å². The number of carbonyl (C=O) groups excluding carboxylic acids is 1. The van der Waals surface area contributed by atoms with E-state index in [1.54, 1.807) is 11.1 Å². The predicted molar refractivity (Wildman–Crippen MR) is 90.8 cm³/mol. The fourth-order valence-corrected chi connectivity index (χ4v) is 3.34. The Balaban J connectivity index is 1.66. The van der Waals surface area contributed by atoms with Crippen LogP contribution < -0.4 is 10.0 Å². The summed E-state index contributed by atoms with van der Waals surface area (Å²) >= 11 is 0. The largest absolute Gasteiger partial charge is 0.377 e. The van der Waals surface area contributed by atoms with Crippen LogP contribution in [-0.2, 0) is 32.5 Å². The van der Waals surface area contributed by atoms with Gasteiger partial charge in [0.05, 0.1) is 50.6 Å². The summed E-state index contributed by atoms with van der Waals surface area (Å²) in [7, 11) is -3.33. The molecular formula is C15H22N4O5S. The van der Waals surface area contributed by atoms with Gasteiger partial charge in [-0.3, -0.25) is 4.98 Å². The Bertz CT molecular complexity index is 739. The quantitative estimate of drug-likeness (QED) is 0.768. The molecule has 3 rings (SSSR count). The molecular weight excluding hydrogens is 348 g/mol. The SMILES string of the molecule is CS(=O)(=O)NCC1COCCN1C(=O)Nc1cnc2c(c1)COCC2. The van der Waals surface area contributed by atoms with Crippen molar-refractivity contribution >= 4 is 21.7 Å². The molecule has 0 radical (unpaired) electrons. The normalized spacial score (nSPS) is 20.8. The molecule has 138 valence electrons. The molecule has 1 fully saturated rings. The van der Waals surface area contributed by atoms with Crippen LogP contribution >= 0.6 is 0 Å². The number of urea groups is 1. The number of nitrogens with zero attached hydrogens (tertiary/aromatic N) is 2. The maximum atomic E-state index is 12.6. The van der Waals surface area contributed by atoms with E-state index in [1.807, 2.05) is 6.07 Å². The Kier molecular flexibility index (Phi) is 5.52. The minimum Gasteiger partial charge on any atom is -0.377 e. The number of hydrogen-bond donors (Lipinski definition) is 2. The lowest BCUT2D eigenvalue weighted by atomic mass is 10.1. The molecule has 0 aliphatic carbocycles. The number of ether oxygens (including phenoxy) is 2. The number of fused-ring (bicyclic) bond motifs is 1. The Morgan fingerprint density at radius 3 is 3.04 bits per heavy atom. The van der Waals surface area contributed by atoms with Crippen molar-refractivity contribution in [3.8, 4) is 0 Å². The van der Waals surface area contributed by atoms with E-state index < -0.39 is 10.0 Å². The molecule has 1 unspecified atom stereocenters. The van der Waals surface area contributed by atoms with E-state index in [2.05, 4.69) is 15.0 Å². The van der Waals surface area contributed by atoms with Gasteiger partial charge in [-0.2, -0.15) is 0 Å². The van der Waals surface area contributed by atoms with Gasteiger partial charge < -0.3 is 19.7 Å². The van der Waals surface area contributed by atoms with E-state index in [1.165, 1.54) is 0 Å². The molecule has 1 aromatic heterocycles. The first-order chi connectivity index (χ1) is 11.9. The van der Waals surface area contributed by atoms with Gasteiger partial charge in [-0.1, -0.05) is 0 Å². The molecule has 3 heterocycles. The third-order valence-corrected chi connectivity index (χ3v) is 4.81. The molecule has 0 spiro atoms. The minimum atomic E-state index is -3.33. The third kappa shape index (κ3) is 4.88. The molecule has 1 aromatic rings.